The summed E-state index contributed by atoms with van der Waals surface area (Å²) < 4.78 is 4.64. The van der Waals surface area contributed by atoms with Crippen molar-refractivity contribution in [2.24, 2.45) is 0 Å². The van der Waals surface area contributed by atoms with Gasteiger partial charge in [-0.15, -0.1) is 11.3 Å². The van der Waals surface area contributed by atoms with Gasteiger partial charge in [0.05, 0.1) is 13.5 Å². The number of methoxy groups -OCH3 is 1. The van der Waals surface area contributed by atoms with E-state index in [0.29, 0.717) is 25.9 Å². The molecule has 0 spiro atoms. The molecule has 1 heterocycles. The summed E-state index contributed by atoms with van der Waals surface area (Å²) in [6.07, 6.45) is 1.74. The predicted molar refractivity (Wildman–Crippen MR) is 84.3 cm³/mol. The number of thiophene rings is 1. The first-order chi connectivity index (χ1) is 10.0. The van der Waals surface area contributed by atoms with Crippen molar-refractivity contribution in [3.8, 4) is 0 Å². The summed E-state index contributed by atoms with van der Waals surface area (Å²) in [7, 11) is 1.39. The summed E-state index contributed by atoms with van der Waals surface area (Å²) >= 11 is 1.59. The van der Waals surface area contributed by atoms with Gasteiger partial charge in [0.2, 0.25) is 5.91 Å². The smallest absolute Gasteiger partial charge is 0.310 e. The molecule has 2 N–H and O–H groups in total. The quantitative estimate of drug-likeness (QED) is 0.539. The average molecular weight is 312 g/mol. The minimum Gasteiger partial charge on any atom is -0.469 e. The van der Waals surface area contributed by atoms with Crippen molar-refractivity contribution < 1.29 is 14.3 Å². The Balaban J connectivity index is 2.21. The van der Waals surface area contributed by atoms with Crippen molar-refractivity contribution in [3.05, 3.63) is 21.9 Å². The Bertz CT molecular complexity index is 460. The van der Waals surface area contributed by atoms with Crippen LogP contribution in [-0.4, -0.2) is 31.6 Å². The van der Waals surface area contributed by atoms with Crippen molar-refractivity contribution in [2.45, 2.75) is 45.7 Å². The summed E-state index contributed by atoms with van der Waals surface area (Å²) in [5.41, 5.74) is 0. The minimum absolute atomic E-state index is 0.0782. The molecule has 0 aliphatic rings. The normalized spacial score (nSPS) is 12.0. The monoisotopic (exact) mass is 312 g/mol. The minimum atomic E-state index is -0.224. The summed E-state index contributed by atoms with van der Waals surface area (Å²) in [5.74, 6) is -0.146. The lowest BCUT2D eigenvalue weighted by atomic mass is 10.2. The summed E-state index contributed by atoms with van der Waals surface area (Å²) in [6, 6.07) is 4.17. The van der Waals surface area contributed by atoms with Crippen molar-refractivity contribution >= 4 is 23.2 Å². The van der Waals surface area contributed by atoms with E-state index in [-0.39, 0.29) is 17.9 Å². The standard InChI is InChI=1S/C15H24N2O3S/c1-4-11(2)17-14(18)7-8-16-10-13-6-5-12(21-13)9-15(19)20-3/h5-6,11,16H,4,7-10H2,1-3H3,(H,17,18). The molecular weight excluding hydrogens is 288 g/mol. The Morgan fingerprint density at radius 1 is 1.33 bits per heavy atom. The SMILES string of the molecule is CCC(C)NC(=O)CCNCc1ccc(CC(=O)OC)s1. The molecule has 0 aliphatic heterocycles. The molecule has 6 heteroatoms. The van der Waals surface area contributed by atoms with E-state index < -0.39 is 0 Å². The molecule has 0 aliphatic carbocycles. The topological polar surface area (TPSA) is 67.4 Å². The number of carbonyl (C=O) groups is 2. The maximum atomic E-state index is 11.6. The van der Waals surface area contributed by atoms with E-state index in [9.17, 15) is 9.59 Å². The molecule has 1 atom stereocenters. The lowest BCUT2D eigenvalue weighted by molar-refractivity contribution is -0.139. The number of hydrogen-bond acceptors (Lipinski definition) is 5. The molecule has 118 valence electrons. The van der Waals surface area contributed by atoms with Crippen LogP contribution in [0.2, 0.25) is 0 Å². The molecular formula is C15H24N2O3S. The number of hydrogen-bond donors (Lipinski definition) is 2. The van der Waals surface area contributed by atoms with Crippen molar-refractivity contribution in [1.82, 2.24) is 10.6 Å². The second-order valence-corrected chi connectivity index (χ2v) is 6.18. The van der Waals surface area contributed by atoms with Gasteiger partial charge in [-0.1, -0.05) is 6.92 Å². The number of nitrogens with one attached hydrogen (secondary N) is 2. The van der Waals surface area contributed by atoms with E-state index in [0.717, 1.165) is 16.2 Å². The lowest BCUT2D eigenvalue weighted by Crippen LogP contribution is -2.33. The molecule has 5 nitrogen and oxygen atoms in total. The van der Waals surface area contributed by atoms with Gasteiger partial charge in [0.15, 0.2) is 0 Å². The summed E-state index contributed by atoms with van der Waals surface area (Å²) in [5, 5.41) is 6.17. The maximum Gasteiger partial charge on any atom is 0.310 e. The summed E-state index contributed by atoms with van der Waals surface area (Å²) in [4.78, 5) is 24.9. The number of rotatable bonds is 9. The van der Waals surface area contributed by atoms with E-state index >= 15 is 0 Å². The molecule has 0 fully saturated rings. The summed E-state index contributed by atoms with van der Waals surface area (Å²) in [6.45, 7) is 5.40. The van der Waals surface area contributed by atoms with Gasteiger partial charge < -0.3 is 15.4 Å². The highest BCUT2D eigenvalue weighted by atomic mass is 32.1. The van der Waals surface area contributed by atoms with Crippen LogP contribution in [-0.2, 0) is 27.3 Å². The first-order valence-electron chi connectivity index (χ1n) is 7.19. The molecule has 0 radical (unpaired) electrons. The molecule has 0 saturated carbocycles. The zero-order chi connectivity index (χ0) is 15.7. The number of ether oxygens (including phenoxy) is 1. The molecule has 0 aromatic carbocycles. The lowest BCUT2D eigenvalue weighted by Gasteiger charge is -2.11. The van der Waals surface area contributed by atoms with Gasteiger partial charge in [0, 0.05) is 35.3 Å². The van der Waals surface area contributed by atoms with Gasteiger partial charge >= 0.3 is 5.97 Å². The third-order valence-electron chi connectivity index (χ3n) is 3.11. The van der Waals surface area contributed by atoms with Crippen LogP contribution >= 0.6 is 11.3 Å². The Morgan fingerprint density at radius 3 is 2.71 bits per heavy atom. The van der Waals surface area contributed by atoms with E-state index in [4.69, 9.17) is 0 Å². The second kappa shape index (κ2) is 9.52. The molecule has 1 aromatic heterocycles. The highest BCUT2D eigenvalue weighted by Crippen LogP contribution is 2.17. The fraction of sp³-hybridized carbons (Fsp3) is 0.600. The van der Waals surface area contributed by atoms with E-state index in [1.165, 1.54) is 7.11 Å². The molecule has 21 heavy (non-hydrogen) atoms. The van der Waals surface area contributed by atoms with Crippen LogP contribution in [0.3, 0.4) is 0 Å². The molecule has 0 saturated heterocycles. The molecule has 1 unspecified atom stereocenters. The second-order valence-electron chi connectivity index (χ2n) is 4.92. The molecule has 1 amide bonds. The van der Waals surface area contributed by atoms with Crippen molar-refractivity contribution in [1.29, 1.82) is 0 Å². The van der Waals surface area contributed by atoms with Crippen LogP contribution in [0.25, 0.3) is 0 Å². The van der Waals surface area contributed by atoms with Crippen LogP contribution in [0.5, 0.6) is 0 Å². The third kappa shape index (κ3) is 7.24. The highest BCUT2D eigenvalue weighted by molar-refractivity contribution is 7.12. The van der Waals surface area contributed by atoms with Crippen LogP contribution in [0.15, 0.2) is 12.1 Å². The predicted octanol–water partition coefficient (Wildman–Crippen LogP) is 1.86. The van der Waals surface area contributed by atoms with E-state index in [1.807, 2.05) is 26.0 Å². The van der Waals surface area contributed by atoms with E-state index in [2.05, 4.69) is 15.4 Å². The largest absolute Gasteiger partial charge is 0.469 e. The Hall–Kier alpha value is -1.40. The van der Waals surface area contributed by atoms with Crippen LogP contribution < -0.4 is 10.6 Å². The first kappa shape index (κ1) is 17.7. The fourth-order valence-electron chi connectivity index (χ4n) is 1.69. The van der Waals surface area contributed by atoms with Gasteiger partial charge in [-0.3, -0.25) is 9.59 Å². The zero-order valence-corrected chi connectivity index (χ0v) is 13.7. The molecule has 1 aromatic rings. The Kier molecular flexibility index (Phi) is 8.00. The molecule has 1 rings (SSSR count). The van der Waals surface area contributed by atoms with Crippen LogP contribution in [0, 0.1) is 0 Å². The van der Waals surface area contributed by atoms with Gasteiger partial charge in [-0.2, -0.15) is 0 Å². The van der Waals surface area contributed by atoms with Gasteiger partial charge in [-0.25, -0.2) is 0 Å². The Labute approximate surface area is 130 Å². The van der Waals surface area contributed by atoms with Gasteiger partial charge in [-0.05, 0) is 25.5 Å². The Morgan fingerprint density at radius 2 is 2.05 bits per heavy atom. The fourth-order valence-corrected chi connectivity index (χ4v) is 2.66. The highest BCUT2D eigenvalue weighted by Gasteiger charge is 2.07. The third-order valence-corrected chi connectivity index (χ3v) is 4.20. The zero-order valence-electron chi connectivity index (χ0n) is 12.9. The number of amides is 1. The maximum absolute atomic E-state index is 11.6. The number of esters is 1. The van der Waals surface area contributed by atoms with Crippen molar-refractivity contribution in [3.63, 3.8) is 0 Å². The first-order valence-corrected chi connectivity index (χ1v) is 8.01. The van der Waals surface area contributed by atoms with Crippen molar-refractivity contribution in [2.75, 3.05) is 13.7 Å². The van der Waals surface area contributed by atoms with Crippen LogP contribution in [0.1, 0.15) is 36.4 Å². The number of carbonyl (C=O) groups excluding carboxylic acids is 2. The van der Waals surface area contributed by atoms with Gasteiger partial charge in [0.25, 0.3) is 0 Å². The van der Waals surface area contributed by atoms with Gasteiger partial charge in [0.1, 0.15) is 0 Å². The average Bonchev–Trinajstić information content (AvgIpc) is 2.90. The van der Waals surface area contributed by atoms with E-state index in [1.54, 1.807) is 11.3 Å². The van der Waals surface area contributed by atoms with Crippen LogP contribution in [0.4, 0.5) is 0 Å². The molecule has 0 bridgehead atoms.